The molecule has 0 radical (unpaired) electrons. The molecule has 0 aliphatic carbocycles. The molecule has 0 saturated heterocycles. The standard InChI is InChI=1S/C15H15ClN4O/c1-8-6-13(19-18-8)20-12(9(2)17)7-10-4-3-5-11(16)14(10)15(20)21/h3-7,9H,17H2,1-2H3,(H,18,19)/t9-/m0/s1. The van der Waals surface area contributed by atoms with Gasteiger partial charge in [0.15, 0.2) is 5.82 Å². The van der Waals surface area contributed by atoms with Crippen LogP contribution in [0.5, 0.6) is 0 Å². The molecule has 3 N–H and O–H groups in total. The Kier molecular flexibility index (Phi) is 3.31. The zero-order valence-corrected chi connectivity index (χ0v) is 12.5. The number of aryl methyl sites for hydroxylation is 1. The highest BCUT2D eigenvalue weighted by Crippen LogP contribution is 2.24. The van der Waals surface area contributed by atoms with Gasteiger partial charge in [-0.05, 0) is 31.4 Å². The fourth-order valence-corrected chi connectivity index (χ4v) is 2.69. The van der Waals surface area contributed by atoms with Crippen LogP contribution in [0, 0.1) is 6.92 Å². The normalized spacial score (nSPS) is 12.8. The van der Waals surface area contributed by atoms with Crippen molar-refractivity contribution in [3.63, 3.8) is 0 Å². The first-order valence-corrected chi connectivity index (χ1v) is 6.99. The molecule has 0 fully saturated rings. The summed E-state index contributed by atoms with van der Waals surface area (Å²) in [4.78, 5) is 12.9. The summed E-state index contributed by atoms with van der Waals surface area (Å²) in [5, 5.41) is 8.69. The molecule has 6 heteroatoms. The van der Waals surface area contributed by atoms with E-state index in [1.54, 1.807) is 12.1 Å². The third-order valence-electron chi connectivity index (χ3n) is 3.41. The third-order valence-corrected chi connectivity index (χ3v) is 3.73. The minimum Gasteiger partial charge on any atom is -0.323 e. The van der Waals surface area contributed by atoms with Crippen molar-refractivity contribution in [2.75, 3.05) is 0 Å². The molecule has 0 saturated carbocycles. The zero-order chi connectivity index (χ0) is 15.1. The van der Waals surface area contributed by atoms with E-state index in [0.717, 1.165) is 11.1 Å². The number of H-pyrrole nitrogens is 1. The summed E-state index contributed by atoms with van der Waals surface area (Å²) in [5.41, 5.74) is 7.38. The fraction of sp³-hybridized carbons (Fsp3) is 0.200. The molecule has 2 heterocycles. The van der Waals surface area contributed by atoms with Crippen molar-refractivity contribution < 1.29 is 0 Å². The number of hydrogen-bond donors (Lipinski definition) is 2. The van der Waals surface area contributed by atoms with Crippen LogP contribution >= 0.6 is 11.6 Å². The lowest BCUT2D eigenvalue weighted by molar-refractivity contribution is 0.724. The Labute approximate surface area is 126 Å². The summed E-state index contributed by atoms with van der Waals surface area (Å²) in [5.74, 6) is 0.520. The predicted molar refractivity (Wildman–Crippen MR) is 84.0 cm³/mol. The number of nitrogens with zero attached hydrogens (tertiary/aromatic N) is 2. The third kappa shape index (κ3) is 2.24. The second kappa shape index (κ2) is 5.02. The Balaban J connectivity index is 2.46. The van der Waals surface area contributed by atoms with Gasteiger partial charge in [-0.1, -0.05) is 23.7 Å². The molecule has 3 rings (SSSR count). The molecular formula is C15H15ClN4O. The van der Waals surface area contributed by atoms with Gasteiger partial charge in [-0.25, -0.2) is 0 Å². The molecule has 0 spiro atoms. The van der Waals surface area contributed by atoms with Crippen LogP contribution < -0.4 is 11.3 Å². The van der Waals surface area contributed by atoms with Gasteiger partial charge in [0.05, 0.1) is 10.4 Å². The van der Waals surface area contributed by atoms with Gasteiger partial charge in [-0.2, -0.15) is 5.10 Å². The Morgan fingerprint density at radius 2 is 2.14 bits per heavy atom. The molecular weight excluding hydrogens is 288 g/mol. The van der Waals surface area contributed by atoms with E-state index in [1.807, 2.05) is 32.0 Å². The molecule has 5 nitrogen and oxygen atoms in total. The number of aromatic nitrogens is 3. The van der Waals surface area contributed by atoms with Crippen molar-refractivity contribution in [1.29, 1.82) is 0 Å². The topological polar surface area (TPSA) is 76.7 Å². The highest BCUT2D eigenvalue weighted by atomic mass is 35.5. The summed E-state index contributed by atoms with van der Waals surface area (Å²) >= 11 is 6.19. The number of nitrogens with two attached hydrogens (primary N) is 1. The second-order valence-electron chi connectivity index (χ2n) is 5.11. The van der Waals surface area contributed by atoms with Crippen LogP contribution in [0.4, 0.5) is 0 Å². The van der Waals surface area contributed by atoms with E-state index in [2.05, 4.69) is 10.2 Å². The summed E-state index contributed by atoms with van der Waals surface area (Å²) in [7, 11) is 0. The molecule has 0 amide bonds. The number of fused-ring (bicyclic) bond motifs is 1. The van der Waals surface area contributed by atoms with Gasteiger partial charge >= 0.3 is 0 Å². The fourth-order valence-electron chi connectivity index (χ4n) is 2.43. The van der Waals surface area contributed by atoms with Crippen LogP contribution in [0.2, 0.25) is 5.02 Å². The van der Waals surface area contributed by atoms with E-state index < -0.39 is 0 Å². The maximum absolute atomic E-state index is 12.9. The minimum absolute atomic E-state index is 0.211. The lowest BCUT2D eigenvalue weighted by Gasteiger charge is -2.15. The van der Waals surface area contributed by atoms with Crippen LogP contribution in [0.3, 0.4) is 0 Å². The van der Waals surface area contributed by atoms with Crippen molar-refractivity contribution >= 4 is 22.4 Å². The number of nitrogens with one attached hydrogen (secondary N) is 1. The number of aromatic amines is 1. The molecule has 1 aromatic carbocycles. The van der Waals surface area contributed by atoms with Crippen LogP contribution in [-0.2, 0) is 0 Å². The van der Waals surface area contributed by atoms with E-state index in [4.69, 9.17) is 17.3 Å². The van der Waals surface area contributed by atoms with Crippen molar-refractivity contribution in [2.24, 2.45) is 5.73 Å². The average Bonchev–Trinajstić information content (AvgIpc) is 2.84. The molecule has 0 unspecified atom stereocenters. The Hall–Kier alpha value is -2.11. The van der Waals surface area contributed by atoms with E-state index >= 15 is 0 Å². The number of halogens is 1. The molecule has 0 aliphatic heterocycles. The van der Waals surface area contributed by atoms with E-state index in [9.17, 15) is 4.79 Å². The number of benzene rings is 1. The Morgan fingerprint density at radius 3 is 2.76 bits per heavy atom. The highest BCUT2D eigenvalue weighted by molar-refractivity contribution is 6.35. The maximum atomic E-state index is 12.9. The van der Waals surface area contributed by atoms with Crippen molar-refractivity contribution in [2.45, 2.75) is 19.9 Å². The van der Waals surface area contributed by atoms with Gasteiger partial charge < -0.3 is 5.73 Å². The van der Waals surface area contributed by atoms with Crippen LogP contribution in [0.15, 0.2) is 35.1 Å². The molecule has 21 heavy (non-hydrogen) atoms. The number of pyridine rings is 1. The summed E-state index contributed by atoms with van der Waals surface area (Å²) in [6, 6.07) is 8.76. The van der Waals surface area contributed by atoms with Gasteiger partial charge in [0.2, 0.25) is 0 Å². The van der Waals surface area contributed by atoms with E-state index in [1.165, 1.54) is 4.57 Å². The van der Waals surface area contributed by atoms with E-state index in [0.29, 0.717) is 21.9 Å². The average molecular weight is 303 g/mol. The van der Waals surface area contributed by atoms with Gasteiger partial charge in [0.25, 0.3) is 5.56 Å². The monoisotopic (exact) mass is 302 g/mol. The highest BCUT2D eigenvalue weighted by Gasteiger charge is 2.16. The van der Waals surface area contributed by atoms with Gasteiger partial charge in [0, 0.05) is 23.5 Å². The first kappa shape index (κ1) is 13.9. The molecule has 108 valence electrons. The van der Waals surface area contributed by atoms with Crippen LogP contribution in [0.1, 0.15) is 24.4 Å². The lowest BCUT2D eigenvalue weighted by Crippen LogP contribution is -2.26. The lowest BCUT2D eigenvalue weighted by atomic mass is 10.1. The summed E-state index contributed by atoms with van der Waals surface area (Å²) in [6.45, 7) is 3.71. The Bertz CT molecular complexity index is 879. The summed E-state index contributed by atoms with van der Waals surface area (Å²) < 4.78 is 1.52. The van der Waals surface area contributed by atoms with Crippen LogP contribution in [0.25, 0.3) is 16.6 Å². The van der Waals surface area contributed by atoms with Gasteiger partial charge in [-0.3, -0.25) is 14.5 Å². The number of rotatable bonds is 2. The largest absolute Gasteiger partial charge is 0.323 e. The van der Waals surface area contributed by atoms with E-state index in [-0.39, 0.29) is 11.6 Å². The minimum atomic E-state index is -0.307. The van der Waals surface area contributed by atoms with Crippen molar-refractivity contribution in [3.8, 4) is 5.82 Å². The van der Waals surface area contributed by atoms with Gasteiger partial charge in [-0.15, -0.1) is 0 Å². The first-order chi connectivity index (χ1) is 9.99. The van der Waals surface area contributed by atoms with Gasteiger partial charge in [0.1, 0.15) is 0 Å². The second-order valence-corrected chi connectivity index (χ2v) is 5.52. The maximum Gasteiger partial charge on any atom is 0.265 e. The smallest absolute Gasteiger partial charge is 0.265 e. The molecule has 3 aromatic rings. The zero-order valence-electron chi connectivity index (χ0n) is 11.7. The molecule has 2 aromatic heterocycles. The molecule has 0 bridgehead atoms. The number of hydrogen-bond acceptors (Lipinski definition) is 3. The SMILES string of the molecule is Cc1cc(-n2c([C@H](C)N)cc3cccc(Cl)c3c2=O)n[nH]1. The predicted octanol–water partition coefficient (Wildman–Crippen LogP) is 2.70. The van der Waals surface area contributed by atoms with Crippen molar-refractivity contribution in [3.05, 3.63) is 57.1 Å². The Morgan fingerprint density at radius 1 is 1.38 bits per heavy atom. The molecule has 1 atom stereocenters. The molecule has 0 aliphatic rings. The van der Waals surface area contributed by atoms with Crippen molar-refractivity contribution in [1.82, 2.24) is 14.8 Å². The van der Waals surface area contributed by atoms with Crippen LogP contribution in [-0.4, -0.2) is 14.8 Å². The summed E-state index contributed by atoms with van der Waals surface area (Å²) in [6.07, 6.45) is 0. The first-order valence-electron chi connectivity index (χ1n) is 6.61. The quantitative estimate of drug-likeness (QED) is 0.764.